The van der Waals surface area contributed by atoms with E-state index in [4.69, 9.17) is 4.74 Å². The lowest BCUT2D eigenvalue weighted by Gasteiger charge is -2.30. The molecule has 1 saturated carbocycles. The summed E-state index contributed by atoms with van der Waals surface area (Å²) >= 11 is 0. The van der Waals surface area contributed by atoms with Gasteiger partial charge in [-0.2, -0.15) is 0 Å². The summed E-state index contributed by atoms with van der Waals surface area (Å²) in [5.41, 5.74) is 3.57. The molecule has 0 aromatic heterocycles. The molecular formula is C27H44N2O3S. The lowest BCUT2D eigenvalue weighted by Crippen LogP contribution is -2.35. The first kappa shape index (κ1) is 29.1. The highest BCUT2D eigenvalue weighted by atomic mass is 32.2. The van der Waals surface area contributed by atoms with E-state index in [1.165, 1.54) is 49.5 Å². The van der Waals surface area contributed by atoms with E-state index in [2.05, 4.69) is 65.8 Å². The Morgan fingerprint density at radius 3 is 1.97 bits per heavy atom. The number of nitrogens with zero attached hydrogens (tertiary/aromatic N) is 1. The van der Waals surface area contributed by atoms with E-state index >= 15 is 0 Å². The van der Waals surface area contributed by atoms with Crippen molar-refractivity contribution in [1.82, 2.24) is 4.90 Å². The minimum Gasteiger partial charge on any atom is -0.363 e. The molecule has 0 heterocycles. The Hall–Kier alpha value is -1.89. The number of ether oxygens (including phenoxy) is 1. The molecule has 5 nitrogen and oxygen atoms in total. The topological polar surface area (TPSA) is 58.6 Å². The van der Waals surface area contributed by atoms with Crippen LogP contribution in [0.2, 0.25) is 0 Å². The first-order chi connectivity index (χ1) is 15.8. The molecule has 1 aliphatic carbocycles. The van der Waals surface area contributed by atoms with Gasteiger partial charge in [-0.05, 0) is 57.0 Å². The summed E-state index contributed by atoms with van der Waals surface area (Å²) in [6.45, 7) is 8.56. The molecule has 6 heteroatoms. The van der Waals surface area contributed by atoms with Gasteiger partial charge >= 0.3 is 0 Å². The summed E-state index contributed by atoms with van der Waals surface area (Å²) in [6.07, 6.45) is 7.98. The third kappa shape index (κ3) is 11.7. The molecule has 1 N–H and O–H groups in total. The lowest BCUT2D eigenvalue weighted by molar-refractivity contribution is 0.0202. The second-order valence-electron chi connectivity index (χ2n) is 8.52. The van der Waals surface area contributed by atoms with Gasteiger partial charge in [0.25, 0.3) is 0 Å². The van der Waals surface area contributed by atoms with Gasteiger partial charge in [0.1, 0.15) is 23.3 Å². The van der Waals surface area contributed by atoms with Crippen molar-refractivity contribution in [2.24, 2.45) is 0 Å². The Morgan fingerprint density at radius 1 is 0.939 bits per heavy atom. The van der Waals surface area contributed by atoms with Gasteiger partial charge in [0.05, 0.1) is 5.25 Å². The highest BCUT2D eigenvalue weighted by Gasteiger charge is 2.17. The average Bonchev–Trinajstić information content (AvgIpc) is 2.84. The Bertz CT molecular complexity index is 847. The van der Waals surface area contributed by atoms with Crippen LogP contribution >= 0.6 is 0 Å². The molecular weight excluding hydrogens is 432 g/mol. The molecule has 2 aromatic carbocycles. The molecule has 0 bridgehead atoms. The number of benzene rings is 2. The Balaban J connectivity index is 0.000000520. The normalized spacial score (nSPS) is 14.2. The monoisotopic (exact) mass is 476 g/mol. The van der Waals surface area contributed by atoms with Crippen LogP contribution in [0.5, 0.6) is 0 Å². The van der Waals surface area contributed by atoms with E-state index in [9.17, 15) is 8.42 Å². The first-order valence-corrected chi connectivity index (χ1v) is 14.1. The quantitative estimate of drug-likeness (QED) is 0.351. The van der Waals surface area contributed by atoms with Gasteiger partial charge in [0.2, 0.25) is 0 Å². The standard InChI is InChI=1S/C21H28N2O.C4H10O2S.C2H6/c1-23(21-10-6-3-7-11-21)17-24-16-22-20-14-12-19(13-15-20)18-8-4-2-5-9-18;1-4(2)7(3,5)6;1-2/h2,4-5,8-9,12-15,21-22H,3,6-7,10-11,16-17H2,1H3;4H,1-3H3;1-2H3. The van der Waals surface area contributed by atoms with Crippen LogP contribution in [0.4, 0.5) is 5.69 Å². The maximum Gasteiger partial charge on any atom is 0.149 e. The summed E-state index contributed by atoms with van der Waals surface area (Å²) in [5.74, 6) is 0. The fourth-order valence-electron chi connectivity index (χ4n) is 3.36. The maximum absolute atomic E-state index is 10.3. The highest BCUT2D eigenvalue weighted by Crippen LogP contribution is 2.22. The van der Waals surface area contributed by atoms with Crippen LogP contribution in [0.15, 0.2) is 54.6 Å². The second kappa shape index (κ2) is 15.9. The van der Waals surface area contributed by atoms with E-state index in [-0.39, 0.29) is 5.25 Å². The molecule has 3 rings (SSSR count). The summed E-state index contributed by atoms with van der Waals surface area (Å²) < 4.78 is 26.4. The van der Waals surface area contributed by atoms with Gasteiger partial charge in [0, 0.05) is 18.0 Å². The molecule has 33 heavy (non-hydrogen) atoms. The average molecular weight is 477 g/mol. The Kier molecular flexibility index (Phi) is 14.0. The van der Waals surface area contributed by atoms with Crippen molar-refractivity contribution in [3.05, 3.63) is 54.6 Å². The predicted octanol–water partition coefficient (Wildman–Crippen LogP) is 6.43. The number of hydrogen-bond donors (Lipinski definition) is 1. The largest absolute Gasteiger partial charge is 0.363 e. The van der Waals surface area contributed by atoms with Gasteiger partial charge in [-0.1, -0.05) is 75.6 Å². The molecule has 0 atom stereocenters. The molecule has 186 valence electrons. The van der Waals surface area contributed by atoms with Crippen LogP contribution in [-0.2, 0) is 14.6 Å². The molecule has 0 aliphatic heterocycles. The van der Waals surface area contributed by atoms with Crippen molar-refractivity contribution in [3.63, 3.8) is 0 Å². The minimum absolute atomic E-state index is 0.229. The molecule has 2 aromatic rings. The van der Waals surface area contributed by atoms with Crippen LogP contribution in [0.25, 0.3) is 11.1 Å². The minimum atomic E-state index is -2.74. The van der Waals surface area contributed by atoms with Crippen LogP contribution in [-0.4, -0.2) is 51.4 Å². The summed E-state index contributed by atoms with van der Waals surface area (Å²) in [4.78, 5) is 2.35. The fourth-order valence-corrected chi connectivity index (χ4v) is 3.36. The number of hydrogen-bond acceptors (Lipinski definition) is 5. The Morgan fingerprint density at radius 2 is 1.45 bits per heavy atom. The van der Waals surface area contributed by atoms with Crippen molar-refractivity contribution in [1.29, 1.82) is 0 Å². The molecule has 0 saturated heterocycles. The van der Waals surface area contributed by atoms with E-state index in [1.807, 2.05) is 19.9 Å². The lowest BCUT2D eigenvalue weighted by atomic mass is 9.95. The zero-order valence-electron chi connectivity index (χ0n) is 21.4. The maximum atomic E-state index is 10.3. The first-order valence-electron chi connectivity index (χ1n) is 12.1. The van der Waals surface area contributed by atoms with Crippen molar-refractivity contribution in [3.8, 4) is 11.1 Å². The van der Waals surface area contributed by atoms with Gasteiger partial charge in [0.15, 0.2) is 0 Å². The number of nitrogens with one attached hydrogen (secondary N) is 1. The fraction of sp³-hybridized carbons (Fsp3) is 0.556. The third-order valence-corrected chi connectivity index (χ3v) is 7.43. The predicted molar refractivity (Wildman–Crippen MR) is 142 cm³/mol. The molecule has 1 aliphatic rings. The molecule has 0 unspecified atom stereocenters. The van der Waals surface area contributed by atoms with Crippen molar-refractivity contribution in [2.45, 2.75) is 71.1 Å². The summed E-state index contributed by atoms with van der Waals surface area (Å²) in [7, 11) is -0.569. The Labute approximate surface area is 202 Å². The van der Waals surface area contributed by atoms with E-state index in [0.29, 0.717) is 19.5 Å². The number of sulfone groups is 1. The van der Waals surface area contributed by atoms with Gasteiger partial charge < -0.3 is 10.1 Å². The number of anilines is 1. The van der Waals surface area contributed by atoms with Crippen LogP contribution in [0.3, 0.4) is 0 Å². The highest BCUT2D eigenvalue weighted by molar-refractivity contribution is 7.91. The molecule has 0 spiro atoms. The van der Waals surface area contributed by atoms with E-state index in [0.717, 1.165) is 5.69 Å². The third-order valence-electron chi connectivity index (χ3n) is 5.72. The van der Waals surface area contributed by atoms with Crippen LogP contribution in [0.1, 0.15) is 59.8 Å². The van der Waals surface area contributed by atoms with E-state index in [1.54, 1.807) is 13.8 Å². The SMILES string of the molecule is CC.CC(C)S(C)(=O)=O.CN(COCNc1ccc(-c2ccccc2)cc1)C1CCCCC1. The molecule has 1 fully saturated rings. The van der Waals surface area contributed by atoms with Gasteiger partial charge in [-0.25, -0.2) is 8.42 Å². The van der Waals surface area contributed by atoms with Gasteiger partial charge in [-0.15, -0.1) is 0 Å². The van der Waals surface area contributed by atoms with Crippen LogP contribution in [0, 0.1) is 0 Å². The number of rotatable bonds is 8. The zero-order chi connectivity index (χ0) is 24.7. The smallest absolute Gasteiger partial charge is 0.149 e. The van der Waals surface area contributed by atoms with Crippen molar-refractivity contribution >= 4 is 15.5 Å². The molecule has 0 amide bonds. The summed E-state index contributed by atoms with van der Waals surface area (Å²) in [5, 5.41) is 3.10. The van der Waals surface area contributed by atoms with E-state index < -0.39 is 9.84 Å². The molecule has 0 radical (unpaired) electrons. The van der Waals surface area contributed by atoms with Crippen molar-refractivity contribution < 1.29 is 13.2 Å². The zero-order valence-corrected chi connectivity index (χ0v) is 22.2. The van der Waals surface area contributed by atoms with Gasteiger partial charge in [-0.3, -0.25) is 4.90 Å². The summed E-state index contributed by atoms with van der Waals surface area (Å²) in [6, 6.07) is 19.6. The van der Waals surface area contributed by atoms with Crippen LogP contribution < -0.4 is 5.32 Å². The van der Waals surface area contributed by atoms with Crippen molar-refractivity contribution in [2.75, 3.05) is 32.1 Å². The second-order valence-corrected chi connectivity index (χ2v) is 11.1.